The van der Waals surface area contributed by atoms with E-state index in [1.807, 2.05) is 12.1 Å². The van der Waals surface area contributed by atoms with E-state index in [0.29, 0.717) is 4.99 Å². The first-order valence-corrected chi connectivity index (χ1v) is 5.53. The molecule has 1 aromatic carbocycles. The van der Waals surface area contributed by atoms with Crippen LogP contribution >= 0.6 is 12.2 Å². The van der Waals surface area contributed by atoms with Crippen LogP contribution in [-0.4, -0.2) is 4.99 Å². The first-order valence-electron chi connectivity index (χ1n) is 5.12. The van der Waals surface area contributed by atoms with Crippen molar-refractivity contribution in [2.24, 2.45) is 5.73 Å². The van der Waals surface area contributed by atoms with Gasteiger partial charge in [-0.3, -0.25) is 0 Å². The highest BCUT2D eigenvalue weighted by Gasteiger charge is 1.96. The maximum Gasteiger partial charge on any atom is 0.103 e. The van der Waals surface area contributed by atoms with Gasteiger partial charge in [0.05, 0.1) is 0 Å². The smallest absolute Gasteiger partial charge is 0.103 e. The molecule has 0 aromatic heterocycles. The van der Waals surface area contributed by atoms with E-state index in [-0.39, 0.29) is 0 Å². The van der Waals surface area contributed by atoms with Crippen LogP contribution in [0.5, 0.6) is 0 Å². The Balaban J connectivity index is 2.51. The van der Waals surface area contributed by atoms with Gasteiger partial charge in [-0.25, -0.2) is 0 Å². The lowest BCUT2D eigenvalue weighted by atomic mass is 10.1. The van der Waals surface area contributed by atoms with Gasteiger partial charge < -0.3 is 5.73 Å². The second kappa shape index (κ2) is 5.76. The standard InChI is InChI=1S/C12H17NS/c1-2-3-4-5-10-6-8-11(9-7-10)12(13)14/h6-9H,2-5H2,1H3,(H2,13,14). The Kier molecular flexibility index (Phi) is 4.60. The number of aryl methyl sites for hydroxylation is 1. The minimum Gasteiger partial charge on any atom is -0.389 e. The van der Waals surface area contributed by atoms with Crippen LogP contribution in [0.4, 0.5) is 0 Å². The van der Waals surface area contributed by atoms with Crippen LogP contribution in [0.25, 0.3) is 0 Å². The molecule has 1 nitrogen and oxygen atoms in total. The second-order valence-electron chi connectivity index (χ2n) is 3.52. The number of benzene rings is 1. The van der Waals surface area contributed by atoms with Gasteiger partial charge in [-0.1, -0.05) is 56.2 Å². The largest absolute Gasteiger partial charge is 0.389 e. The van der Waals surface area contributed by atoms with E-state index in [0.717, 1.165) is 12.0 Å². The van der Waals surface area contributed by atoms with Crippen molar-refractivity contribution in [1.82, 2.24) is 0 Å². The SMILES string of the molecule is CCCCCc1ccc(C(N)=S)cc1. The zero-order valence-electron chi connectivity index (χ0n) is 8.62. The van der Waals surface area contributed by atoms with Gasteiger partial charge >= 0.3 is 0 Å². The molecule has 0 fully saturated rings. The van der Waals surface area contributed by atoms with Crippen LogP contribution in [-0.2, 0) is 6.42 Å². The zero-order valence-corrected chi connectivity index (χ0v) is 9.44. The Bertz CT molecular complexity index is 290. The molecule has 1 rings (SSSR count). The summed E-state index contributed by atoms with van der Waals surface area (Å²) in [4.78, 5) is 0.477. The third-order valence-corrected chi connectivity index (χ3v) is 2.54. The molecule has 1 aromatic rings. The van der Waals surface area contributed by atoms with Gasteiger partial charge in [-0.2, -0.15) is 0 Å². The monoisotopic (exact) mass is 207 g/mol. The van der Waals surface area contributed by atoms with Crippen LogP contribution in [0.1, 0.15) is 37.3 Å². The van der Waals surface area contributed by atoms with Crippen LogP contribution in [0.15, 0.2) is 24.3 Å². The predicted octanol–water partition coefficient (Wildman–Crippen LogP) is 3.05. The molecule has 76 valence electrons. The van der Waals surface area contributed by atoms with Crippen molar-refractivity contribution < 1.29 is 0 Å². The summed E-state index contributed by atoms with van der Waals surface area (Å²) >= 11 is 4.89. The fourth-order valence-corrected chi connectivity index (χ4v) is 1.55. The molecule has 0 atom stereocenters. The fraction of sp³-hybridized carbons (Fsp3) is 0.417. The minimum atomic E-state index is 0.477. The van der Waals surface area contributed by atoms with Gasteiger partial charge in [-0.05, 0) is 18.4 Å². The number of nitrogens with two attached hydrogens (primary N) is 1. The Labute approximate surface area is 91.3 Å². The molecule has 0 aliphatic carbocycles. The van der Waals surface area contributed by atoms with E-state index in [1.54, 1.807) is 0 Å². The Morgan fingerprint density at radius 1 is 1.21 bits per heavy atom. The molecule has 2 N–H and O–H groups in total. The topological polar surface area (TPSA) is 26.0 Å². The van der Waals surface area contributed by atoms with Crippen molar-refractivity contribution in [2.45, 2.75) is 32.6 Å². The maximum atomic E-state index is 5.52. The summed E-state index contributed by atoms with van der Waals surface area (Å²) in [7, 11) is 0. The number of thiocarbonyl (C=S) groups is 1. The Morgan fingerprint density at radius 2 is 1.86 bits per heavy atom. The summed E-state index contributed by atoms with van der Waals surface area (Å²) < 4.78 is 0. The van der Waals surface area contributed by atoms with Gasteiger partial charge in [0, 0.05) is 5.56 Å². The molecule has 14 heavy (non-hydrogen) atoms. The molecule has 0 aliphatic rings. The summed E-state index contributed by atoms with van der Waals surface area (Å²) in [5, 5.41) is 0. The number of hydrogen-bond acceptors (Lipinski definition) is 1. The summed E-state index contributed by atoms with van der Waals surface area (Å²) in [5.74, 6) is 0. The quantitative estimate of drug-likeness (QED) is 0.593. The van der Waals surface area contributed by atoms with Gasteiger partial charge in [-0.15, -0.1) is 0 Å². The van der Waals surface area contributed by atoms with Crippen molar-refractivity contribution >= 4 is 17.2 Å². The molecule has 0 aliphatic heterocycles. The highest BCUT2D eigenvalue weighted by molar-refractivity contribution is 7.80. The first-order chi connectivity index (χ1) is 6.74. The normalized spacial score (nSPS) is 10.1. The van der Waals surface area contributed by atoms with E-state index in [4.69, 9.17) is 18.0 Å². The van der Waals surface area contributed by atoms with Crippen molar-refractivity contribution in [3.8, 4) is 0 Å². The number of unbranched alkanes of at least 4 members (excludes halogenated alkanes) is 2. The average Bonchev–Trinajstić information content (AvgIpc) is 2.19. The summed E-state index contributed by atoms with van der Waals surface area (Å²) in [6.45, 7) is 2.22. The molecule has 0 radical (unpaired) electrons. The first kappa shape index (κ1) is 11.2. The van der Waals surface area contributed by atoms with Gasteiger partial charge in [0.2, 0.25) is 0 Å². The lowest BCUT2D eigenvalue weighted by molar-refractivity contribution is 0.717. The van der Waals surface area contributed by atoms with Gasteiger partial charge in [0.1, 0.15) is 4.99 Å². The van der Waals surface area contributed by atoms with Crippen molar-refractivity contribution in [3.63, 3.8) is 0 Å². The molecule has 2 heteroatoms. The average molecular weight is 207 g/mol. The molecule has 0 amide bonds. The summed E-state index contributed by atoms with van der Waals surface area (Å²) in [6.07, 6.45) is 5.00. The van der Waals surface area contributed by atoms with E-state index in [2.05, 4.69) is 19.1 Å². The van der Waals surface area contributed by atoms with Crippen LogP contribution in [0.3, 0.4) is 0 Å². The number of rotatable bonds is 5. The third-order valence-electron chi connectivity index (χ3n) is 2.31. The highest BCUT2D eigenvalue weighted by atomic mass is 32.1. The molecular weight excluding hydrogens is 190 g/mol. The third kappa shape index (κ3) is 3.46. The Morgan fingerprint density at radius 3 is 2.36 bits per heavy atom. The predicted molar refractivity (Wildman–Crippen MR) is 65.6 cm³/mol. The van der Waals surface area contributed by atoms with Crippen molar-refractivity contribution in [1.29, 1.82) is 0 Å². The zero-order chi connectivity index (χ0) is 10.4. The molecule has 0 spiro atoms. The van der Waals surface area contributed by atoms with Crippen molar-refractivity contribution in [3.05, 3.63) is 35.4 Å². The van der Waals surface area contributed by atoms with E-state index < -0.39 is 0 Å². The summed E-state index contributed by atoms with van der Waals surface area (Å²) in [5.41, 5.74) is 7.85. The fourth-order valence-electron chi connectivity index (χ4n) is 1.41. The van der Waals surface area contributed by atoms with Gasteiger partial charge in [0.25, 0.3) is 0 Å². The van der Waals surface area contributed by atoms with Crippen LogP contribution < -0.4 is 5.73 Å². The molecule has 0 saturated heterocycles. The van der Waals surface area contributed by atoms with E-state index in [1.165, 1.54) is 24.8 Å². The molecular formula is C12H17NS. The molecule has 0 unspecified atom stereocenters. The van der Waals surface area contributed by atoms with E-state index >= 15 is 0 Å². The molecule has 0 heterocycles. The Hall–Kier alpha value is -0.890. The highest BCUT2D eigenvalue weighted by Crippen LogP contribution is 2.08. The lowest BCUT2D eigenvalue weighted by Crippen LogP contribution is -2.08. The minimum absolute atomic E-state index is 0.477. The second-order valence-corrected chi connectivity index (χ2v) is 3.96. The molecule has 0 bridgehead atoms. The van der Waals surface area contributed by atoms with Crippen LogP contribution in [0.2, 0.25) is 0 Å². The van der Waals surface area contributed by atoms with Crippen molar-refractivity contribution in [2.75, 3.05) is 0 Å². The lowest BCUT2D eigenvalue weighted by Gasteiger charge is -2.02. The van der Waals surface area contributed by atoms with E-state index in [9.17, 15) is 0 Å². The molecule has 0 saturated carbocycles. The van der Waals surface area contributed by atoms with Crippen LogP contribution in [0, 0.1) is 0 Å². The number of hydrogen-bond donors (Lipinski definition) is 1. The summed E-state index contributed by atoms with van der Waals surface area (Å²) in [6, 6.07) is 8.24. The van der Waals surface area contributed by atoms with Gasteiger partial charge in [0.15, 0.2) is 0 Å². The maximum absolute atomic E-state index is 5.52.